The molecule has 0 radical (unpaired) electrons. The van der Waals surface area contributed by atoms with Crippen LogP contribution in [0.1, 0.15) is 22.8 Å². The molecule has 0 amide bonds. The van der Waals surface area contributed by atoms with E-state index < -0.39 is 0 Å². The molecule has 4 aromatic heterocycles. The van der Waals surface area contributed by atoms with Gasteiger partial charge in [0.25, 0.3) is 0 Å². The van der Waals surface area contributed by atoms with Crippen molar-refractivity contribution in [3.8, 4) is 11.4 Å². The molecule has 4 aromatic rings. The minimum Gasteiger partial charge on any atom is -0.261 e. The number of hydrogen-bond donors (Lipinski definition) is 0. The van der Waals surface area contributed by atoms with Crippen LogP contribution >= 0.6 is 0 Å². The van der Waals surface area contributed by atoms with Crippen LogP contribution in [0.25, 0.3) is 11.4 Å². The molecule has 26 heavy (non-hydrogen) atoms. The first kappa shape index (κ1) is 16.1. The third-order valence-electron chi connectivity index (χ3n) is 4.05. The Morgan fingerprint density at radius 3 is 1.35 bits per heavy atom. The van der Waals surface area contributed by atoms with Crippen LogP contribution in [0.4, 0.5) is 0 Å². The maximum atomic E-state index is 4.77. The van der Waals surface area contributed by atoms with Gasteiger partial charge < -0.3 is 0 Å². The van der Waals surface area contributed by atoms with E-state index in [1.165, 1.54) is 0 Å². The minimum atomic E-state index is 0.711. The van der Waals surface area contributed by atoms with Gasteiger partial charge >= 0.3 is 0 Å². The highest BCUT2D eigenvalue weighted by Gasteiger charge is 2.06. The van der Waals surface area contributed by atoms with Crippen LogP contribution < -0.4 is 0 Å². The lowest BCUT2D eigenvalue weighted by molar-refractivity contribution is 0.996. The average molecular weight is 338 g/mol. The van der Waals surface area contributed by atoms with Gasteiger partial charge in [0.1, 0.15) is 0 Å². The van der Waals surface area contributed by atoms with Gasteiger partial charge in [-0.2, -0.15) is 0 Å². The van der Waals surface area contributed by atoms with Crippen molar-refractivity contribution in [1.29, 1.82) is 0 Å². The zero-order valence-corrected chi connectivity index (χ0v) is 14.3. The number of hydrogen-bond acceptors (Lipinski definition) is 4. The molecule has 0 N–H and O–H groups in total. The van der Waals surface area contributed by atoms with Gasteiger partial charge in [0, 0.05) is 48.0 Å². The van der Waals surface area contributed by atoms with Crippen LogP contribution in [0.2, 0.25) is 0 Å². The number of nitrogens with zero attached hydrogens (tertiary/aromatic N) is 4. The number of aromatic nitrogens is 4. The predicted octanol–water partition coefficient (Wildman–Crippen LogP) is 4.12. The molecule has 4 heterocycles. The predicted molar refractivity (Wildman–Crippen MR) is 102 cm³/mol. The van der Waals surface area contributed by atoms with Crippen molar-refractivity contribution >= 4 is 0 Å². The molecule has 0 fully saturated rings. The standard InChI is InChI=1S/C22H18N4/c1-3-13-23-17(7-1)15-19-9-5-11-21(25-19)22-12-6-10-20(26-22)16-18-8-2-4-14-24-18/h1-14H,15-16H2. The topological polar surface area (TPSA) is 51.6 Å². The summed E-state index contributed by atoms with van der Waals surface area (Å²) in [6, 6.07) is 23.9. The van der Waals surface area contributed by atoms with E-state index in [1.807, 2.05) is 85.2 Å². The summed E-state index contributed by atoms with van der Waals surface area (Å²) in [6.45, 7) is 0. The van der Waals surface area contributed by atoms with E-state index >= 15 is 0 Å². The Morgan fingerprint density at radius 2 is 0.923 bits per heavy atom. The first-order valence-electron chi connectivity index (χ1n) is 8.59. The normalized spacial score (nSPS) is 10.6. The largest absolute Gasteiger partial charge is 0.261 e. The molecule has 4 nitrogen and oxygen atoms in total. The average Bonchev–Trinajstić information content (AvgIpc) is 2.70. The molecule has 0 unspecified atom stereocenters. The first-order chi connectivity index (χ1) is 12.9. The second-order valence-electron chi connectivity index (χ2n) is 6.02. The van der Waals surface area contributed by atoms with Gasteiger partial charge in [-0.3, -0.25) is 19.9 Å². The van der Waals surface area contributed by atoms with Crippen molar-refractivity contribution < 1.29 is 0 Å². The Kier molecular flexibility index (Phi) is 4.74. The van der Waals surface area contributed by atoms with Crippen LogP contribution in [0.5, 0.6) is 0 Å². The summed E-state index contributed by atoms with van der Waals surface area (Å²) in [5.41, 5.74) is 5.74. The molecule has 0 aromatic carbocycles. The number of rotatable bonds is 5. The zero-order chi connectivity index (χ0) is 17.6. The zero-order valence-electron chi connectivity index (χ0n) is 14.3. The van der Waals surface area contributed by atoms with Crippen molar-refractivity contribution in [2.75, 3.05) is 0 Å². The van der Waals surface area contributed by atoms with Crippen LogP contribution in [-0.2, 0) is 12.8 Å². The summed E-state index contributed by atoms with van der Waals surface area (Å²) in [6.07, 6.45) is 5.04. The quantitative estimate of drug-likeness (QED) is 0.549. The van der Waals surface area contributed by atoms with Gasteiger partial charge in [0.05, 0.1) is 11.4 Å². The highest BCUT2D eigenvalue weighted by atomic mass is 14.8. The van der Waals surface area contributed by atoms with Crippen LogP contribution in [-0.4, -0.2) is 19.9 Å². The Balaban J connectivity index is 1.57. The molecule has 0 saturated carbocycles. The summed E-state index contributed by atoms with van der Waals surface area (Å²) in [5, 5.41) is 0. The lowest BCUT2D eigenvalue weighted by Gasteiger charge is -2.06. The Labute approximate surface area is 152 Å². The van der Waals surface area contributed by atoms with Gasteiger partial charge in [0.2, 0.25) is 0 Å². The summed E-state index contributed by atoms with van der Waals surface area (Å²) in [7, 11) is 0. The summed E-state index contributed by atoms with van der Waals surface area (Å²) in [5.74, 6) is 0. The second-order valence-corrected chi connectivity index (χ2v) is 6.02. The van der Waals surface area contributed by atoms with Crippen molar-refractivity contribution in [3.05, 3.63) is 108 Å². The molecule has 0 aliphatic heterocycles. The maximum Gasteiger partial charge on any atom is 0.0889 e. The third kappa shape index (κ3) is 3.98. The Hall–Kier alpha value is -3.40. The van der Waals surface area contributed by atoms with Crippen LogP contribution in [0.15, 0.2) is 85.2 Å². The Bertz CT molecular complexity index is 902. The van der Waals surface area contributed by atoms with Gasteiger partial charge in [-0.15, -0.1) is 0 Å². The lowest BCUT2D eigenvalue weighted by atomic mass is 10.1. The molecular weight excluding hydrogens is 320 g/mol. The second kappa shape index (κ2) is 7.66. The van der Waals surface area contributed by atoms with E-state index in [4.69, 9.17) is 9.97 Å². The molecule has 0 saturated heterocycles. The molecule has 126 valence electrons. The van der Waals surface area contributed by atoms with Crippen molar-refractivity contribution in [2.24, 2.45) is 0 Å². The van der Waals surface area contributed by atoms with Crippen LogP contribution in [0.3, 0.4) is 0 Å². The fraction of sp³-hybridized carbons (Fsp3) is 0.0909. The third-order valence-corrected chi connectivity index (χ3v) is 4.05. The van der Waals surface area contributed by atoms with E-state index in [9.17, 15) is 0 Å². The van der Waals surface area contributed by atoms with Gasteiger partial charge in [-0.1, -0.05) is 24.3 Å². The molecular formula is C22H18N4. The highest BCUT2D eigenvalue weighted by molar-refractivity contribution is 5.54. The van der Waals surface area contributed by atoms with Gasteiger partial charge in [-0.25, -0.2) is 0 Å². The molecule has 0 spiro atoms. The van der Waals surface area contributed by atoms with E-state index in [1.54, 1.807) is 0 Å². The molecule has 0 aliphatic carbocycles. The maximum absolute atomic E-state index is 4.77. The SMILES string of the molecule is c1ccc(Cc2cccc(-c3cccc(Cc4ccccn4)n3)n2)nc1. The van der Waals surface area contributed by atoms with Gasteiger partial charge in [0.15, 0.2) is 0 Å². The molecule has 4 heteroatoms. The smallest absolute Gasteiger partial charge is 0.0889 e. The molecule has 0 atom stereocenters. The fourth-order valence-corrected chi connectivity index (χ4v) is 2.82. The lowest BCUT2D eigenvalue weighted by Crippen LogP contribution is -1.99. The summed E-state index contributed by atoms with van der Waals surface area (Å²) >= 11 is 0. The van der Waals surface area contributed by atoms with E-state index in [2.05, 4.69) is 9.97 Å². The fourth-order valence-electron chi connectivity index (χ4n) is 2.82. The summed E-state index contributed by atoms with van der Waals surface area (Å²) in [4.78, 5) is 18.3. The van der Waals surface area contributed by atoms with Crippen LogP contribution in [0, 0.1) is 0 Å². The Morgan fingerprint density at radius 1 is 0.462 bits per heavy atom. The minimum absolute atomic E-state index is 0.711. The van der Waals surface area contributed by atoms with Crippen molar-refractivity contribution in [3.63, 3.8) is 0 Å². The molecule has 0 bridgehead atoms. The van der Waals surface area contributed by atoms with Crippen molar-refractivity contribution in [1.82, 2.24) is 19.9 Å². The highest BCUT2D eigenvalue weighted by Crippen LogP contribution is 2.17. The van der Waals surface area contributed by atoms with Crippen molar-refractivity contribution in [2.45, 2.75) is 12.8 Å². The molecule has 4 rings (SSSR count). The van der Waals surface area contributed by atoms with E-state index in [-0.39, 0.29) is 0 Å². The first-order valence-corrected chi connectivity index (χ1v) is 8.59. The summed E-state index contributed by atoms with van der Waals surface area (Å²) < 4.78 is 0. The van der Waals surface area contributed by atoms with E-state index in [0.717, 1.165) is 34.2 Å². The number of pyridine rings is 4. The van der Waals surface area contributed by atoms with E-state index in [0.29, 0.717) is 12.8 Å². The molecule has 0 aliphatic rings. The van der Waals surface area contributed by atoms with Gasteiger partial charge in [-0.05, 0) is 48.5 Å². The monoisotopic (exact) mass is 338 g/mol.